The van der Waals surface area contributed by atoms with Crippen LogP contribution >= 0.6 is 12.4 Å². The van der Waals surface area contributed by atoms with E-state index in [1.165, 1.54) is 0 Å². The van der Waals surface area contributed by atoms with Crippen LogP contribution in [0.3, 0.4) is 0 Å². The van der Waals surface area contributed by atoms with Gasteiger partial charge in [-0.2, -0.15) is 0 Å². The standard InChI is InChI=1S/C20H23N3O3.ClH/c1-23(16-8-3-2-4-9-16)20(25)14-6-5-7-15(12-14)22-19(24)18-11-10-17(13-21)26-18;/h2-9,12,17-18H,10-11,13,21H2,1H3,(H,22,24);1H/t17-,18+;/m1./s1. The van der Waals surface area contributed by atoms with Gasteiger partial charge in [-0.05, 0) is 43.2 Å². The number of halogens is 1. The Morgan fingerprint density at radius 2 is 1.89 bits per heavy atom. The van der Waals surface area contributed by atoms with E-state index >= 15 is 0 Å². The highest BCUT2D eigenvalue weighted by Crippen LogP contribution is 2.21. The van der Waals surface area contributed by atoms with Crippen LogP contribution in [0.4, 0.5) is 11.4 Å². The minimum atomic E-state index is -0.491. The Balaban J connectivity index is 0.00000261. The first-order valence-corrected chi connectivity index (χ1v) is 8.68. The molecule has 1 heterocycles. The molecule has 0 unspecified atom stereocenters. The number of para-hydroxylation sites is 1. The second-order valence-electron chi connectivity index (χ2n) is 6.33. The van der Waals surface area contributed by atoms with Crippen LogP contribution in [0.1, 0.15) is 23.2 Å². The number of nitrogens with zero attached hydrogens (tertiary/aromatic N) is 1. The van der Waals surface area contributed by atoms with Gasteiger partial charge in [0.15, 0.2) is 0 Å². The van der Waals surface area contributed by atoms with Crippen LogP contribution in [0.15, 0.2) is 54.6 Å². The highest BCUT2D eigenvalue weighted by atomic mass is 35.5. The molecule has 2 atom stereocenters. The van der Waals surface area contributed by atoms with Crippen LogP contribution < -0.4 is 16.0 Å². The molecule has 2 amide bonds. The molecule has 1 aliphatic rings. The zero-order chi connectivity index (χ0) is 18.5. The first kappa shape index (κ1) is 20.9. The molecule has 3 rings (SSSR count). The summed E-state index contributed by atoms with van der Waals surface area (Å²) in [6, 6.07) is 16.3. The van der Waals surface area contributed by atoms with Gasteiger partial charge in [-0.3, -0.25) is 9.59 Å². The minimum Gasteiger partial charge on any atom is -0.364 e. The number of ether oxygens (including phenoxy) is 1. The molecule has 1 saturated heterocycles. The van der Waals surface area contributed by atoms with Crippen molar-refractivity contribution < 1.29 is 14.3 Å². The lowest BCUT2D eigenvalue weighted by atomic mass is 10.1. The van der Waals surface area contributed by atoms with E-state index < -0.39 is 6.10 Å². The van der Waals surface area contributed by atoms with Gasteiger partial charge in [0.25, 0.3) is 11.8 Å². The maximum atomic E-state index is 12.7. The summed E-state index contributed by atoms with van der Waals surface area (Å²) >= 11 is 0. The summed E-state index contributed by atoms with van der Waals surface area (Å²) in [5.41, 5.74) is 7.46. The molecule has 0 spiro atoms. The smallest absolute Gasteiger partial charge is 0.258 e. The van der Waals surface area contributed by atoms with Crippen LogP contribution in [-0.2, 0) is 9.53 Å². The third-order valence-corrected chi connectivity index (χ3v) is 4.49. The summed E-state index contributed by atoms with van der Waals surface area (Å²) in [4.78, 5) is 26.6. The summed E-state index contributed by atoms with van der Waals surface area (Å²) in [5.74, 6) is -0.352. The summed E-state index contributed by atoms with van der Waals surface area (Å²) in [6.07, 6.45) is 0.894. The number of benzene rings is 2. The van der Waals surface area contributed by atoms with Gasteiger partial charge in [0.1, 0.15) is 6.10 Å². The SMILES string of the molecule is CN(C(=O)c1cccc(NC(=O)[C@@H]2CC[C@H](CN)O2)c1)c1ccccc1.Cl. The molecule has 7 heteroatoms. The van der Waals surface area contributed by atoms with Gasteiger partial charge >= 0.3 is 0 Å². The Kier molecular flexibility index (Phi) is 7.36. The summed E-state index contributed by atoms with van der Waals surface area (Å²) < 4.78 is 5.61. The average Bonchev–Trinajstić information content (AvgIpc) is 3.17. The van der Waals surface area contributed by atoms with Crippen LogP contribution in [-0.4, -0.2) is 37.6 Å². The van der Waals surface area contributed by atoms with Crippen molar-refractivity contribution >= 4 is 35.6 Å². The quantitative estimate of drug-likeness (QED) is 0.823. The van der Waals surface area contributed by atoms with Crippen molar-refractivity contribution in [3.63, 3.8) is 0 Å². The maximum Gasteiger partial charge on any atom is 0.258 e. The zero-order valence-corrected chi connectivity index (χ0v) is 15.9. The number of hydrogen-bond donors (Lipinski definition) is 2. The van der Waals surface area contributed by atoms with Gasteiger partial charge in [0, 0.05) is 30.5 Å². The van der Waals surface area contributed by atoms with Gasteiger partial charge in [0.2, 0.25) is 0 Å². The molecule has 0 saturated carbocycles. The Bertz CT molecular complexity index is 785. The second kappa shape index (κ2) is 9.50. The number of amides is 2. The summed E-state index contributed by atoms with van der Waals surface area (Å²) in [6.45, 7) is 0.416. The lowest BCUT2D eigenvalue weighted by Gasteiger charge is -2.18. The average molecular weight is 390 g/mol. The molecule has 6 nitrogen and oxygen atoms in total. The Hall–Kier alpha value is -2.41. The number of nitrogens with one attached hydrogen (secondary N) is 1. The number of hydrogen-bond acceptors (Lipinski definition) is 4. The molecule has 1 fully saturated rings. The van der Waals surface area contributed by atoms with Crippen molar-refractivity contribution in [2.75, 3.05) is 23.8 Å². The third-order valence-electron chi connectivity index (χ3n) is 4.49. The molecule has 3 N–H and O–H groups in total. The van der Waals surface area contributed by atoms with Crippen molar-refractivity contribution in [2.24, 2.45) is 5.73 Å². The molecule has 0 radical (unpaired) electrons. The van der Waals surface area contributed by atoms with E-state index in [0.29, 0.717) is 24.2 Å². The van der Waals surface area contributed by atoms with Crippen LogP contribution in [0.5, 0.6) is 0 Å². The molecular formula is C20H24ClN3O3. The fourth-order valence-corrected chi connectivity index (χ4v) is 2.99. The maximum absolute atomic E-state index is 12.7. The van der Waals surface area contributed by atoms with E-state index in [0.717, 1.165) is 12.1 Å². The largest absolute Gasteiger partial charge is 0.364 e. The molecule has 0 bridgehead atoms. The molecule has 27 heavy (non-hydrogen) atoms. The van der Waals surface area contributed by atoms with Crippen molar-refractivity contribution in [3.8, 4) is 0 Å². The summed E-state index contributed by atoms with van der Waals surface area (Å²) in [7, 11) is 1.72. The van der Waals surface area contributed by atoms with E-state index in [1.54, 1.807) is 36.2 Å². The highest BCUT2D eigenvalue weighted by Gasteiger charge is 2.29. The number of rotatable bonds is 5. The predicted octanol–water partition coefficient (Wildman–Crippen LogP) is 2.83. The second-order valence-corrected chi connectivity index (χ2v) is 6.33. The first-order valence-electron chi connectivity index (χ1n) is 8.68. The number of carbonyl (C=O) groups excluding carboxylic acids is 2. The predicted molar refractivity (Wildman–Crippen MR) is 108 cm³/mol. The number of anilines is 2. The highest BCUT2D eigenvalue weighted by molar-refractivity contribution is 6.06. The lowest BCUT2D eigenvalue weighted by Crippen LogP contribution is -2.30. The molecule has 0 aliphatic carbocycles. The van der Waals surface area contributed by atoms with Gasteiger partial charge < -0.3 is 20.7 Å². The van der Waals surface area contributed by atoms with Crippen LogP contribution in [0.25, 0.3) is 0 Å². The van der Waals surface area contributed by atoms with E-state index in [-0.39, 0.29) is 30.3 Å². The van der Waals surface area contributed by atoms with Gasteiger partial charge in [0.05, 0.1) is 6.10 Å². The number of carbonyl (C=O) groups is 2. The van der Waals surface area contributed by atoms with Gasteiger partial charge in [-0.1, -0.05) is 24.3 Å². The van der Waals surface area contributed by atoms with Gasteiger partial charge in [-0.15, -0.1) is 12.4 Å². The summed E-state index contributed by atoms with van der Waals surface area (Å²) in [5, 5.41) is 2.83. The Labute approximate surface area is 165 Å². The number of nitrogens with two attached hydrogens (primary N) is 1. The zero-order valence-electron chi connectivity index (χ0n) is 15.1. The van der Waals surface area contributed by atoms with E-state index in [4.69, 9.17) is 10.5 Å². The third kappa shape index (κ3) is 5.07. The molecule has 1 aliphatic heterocycles. The Morgan fingerprint density at radius 3 is 2.56 bits per heavy atom. The molecule has 144 valence electrons. The first-order chi connectivity index (χ1) is 12.6. The normalized spacial score (nSPS) is 18.4. The van der Waals surface area contributed by atoms with E-state index in [9.17, 15) is 9.59 Å². The lowest BCUT2D eigenvalue weighted by molar-refractivity contribution is -0.126. The fraction of sp³-hybridized carbons (Fsp3) is 0.300. The molecule has 0 aromatic heterocycles. The van der Waals surface area contributed by atoms with Crippen LogP contribution in [0.2, 0.25) is 0 Å². The minimum absolute atomic E-state index is 0. The van der Waals surface area contributed by atoms with Crippen molar-refractivity contribution in [3.05, 3.63) is 60.2 Å². The van der Waals surface area contributed by atoms with Crippen molar-refractivity contribution in [1.82, 2.24) is 0 Å². The fourth-order valence-electron chi connectivity index (χ4n) is 2.99. The van der Waals surface area contributed by atoms with E-state index in [1.807, 2.05) is 30.3 Å². The topological polar surface area (TPSA) is 84.7 Å². The van der Waals surface area contributed by atoms with Crippen LogP contribution in [0, 0.1) is 0 Å². The Morgan fingerprint density at radius 1 is 1.15 bits per heavy atom. The van der Waals surface area contributed by atoms with Crippen molar-refractivity contribution in [1.29, 1.82) is 0 Å². The monoisotopic (exact) mass is 389 g/mol. The molecule has 2 aromatic rings. The molecule has 2 aromatic carbocycles. The molecular weight excluding hydrogens is 366 g/mol. The van der Waals surface area contributed by atoms with Gasteiger partial charge in [-0.25, -0.2) is 0 Å². The van der Waals surface area contributed by atoms with Crippen molar-refractivity contribution in [2.45, 2.75) is 25.0 Å². The van der Waals surface area contributed by atoms with E-state index in [2.05, 4.69) is 5.32 Å².